The van der Waals surface area contributed by atoms with E-state index >= 15 is 0 Å². The lowest BCUT2D eigenvalue weighted by Gasteiger charge is -2.36. The van der Waals surface area contributed by atoms with E-state index in [0.717, 1.165) is 25.9 Å². The van der Waals surface area contributed by atoms with Gasteiger partial charge in [0, 0.05) is 19.1 Å². The molecule has 1 heterocycles. The van der Waals surface area contributed by atoms with Gasteiger partial charge in [-0.3, -0.25) is 4.90 Å². The normalized spacial score (nSPS) is 17.2. The van der Waals surface area contributed by atoms with Gasteiger partial charge in [-0.25, -0.2) is 4.21 Å². The van der Waals surface area contributed by atoms with Gasteiger partial charge in [0.15, 0.2) is 11.1 Å². The van der Waals surface area contributed by atoms with Crippen LogP contribution in [0.3, 0.4) is 0 Å². The summed E-state index contributed by atoms with van der Waals surface area (Å²) in [4.78, 5) is 3.11. The van der Waals surface area contributed by atoms with Crippen molar-refractivity contribution in [3.8, 4) is 0 Å². The van der Waals surface area contributed by atoms with Crippen LogP contribution in [-0.2, 0) is 35.9 Å². The first-order valence-electron chi connectivity index (χ1n) is 10.3. The number of hydrogen-bond acceptors (Lipinski definition) is 2. The topological polar surface area (TPSA) is 40.5 Å². The third-order valence-electron chi connectivity index (χ3n) is 5.85. The molecule has 1 aliphatic heterocycles. The lowest BCUT2D eigenvalue weighted by atomic mass is 9.86. The van der Waals surface area contributed by atoms with Crippen molar-refractivity contribution >= 4 is 11.1 Å². The van der Waals surface area contributed by atoms with Crippen LogP contribution in [0.1, 0.15) is 62.8 Å². The van der Waals surface area contributed by atoms with Gasteiger partial charge in [0.05, 0.1) is 4.90 Å². The number of nitrogens with zero attached hydrogens (tertiary/aromatic N) is 1. The average Bonchev–Trinajstić information content (AvgIpc) is 2.66. The molecular weight excluding hydrogens is 366 g/mol. The lowest BCUT2D eigenvalue weighted by Crippen LogP contribution is -2.40. The summed E-state index contributed by atoms with van der Waals surface area (Å²) in [5.41, 5.74) is 5.50. The van der Waals surface area contributed by atoms with Crippen LogP contribution >= 0.6 is 0 Å². The van der Waals surface area contributed by atoms with Crippen LogP contribution in [0.25, 0.3) is 0 Å². The number of rotatable bonds is 6. The lowest BCUT2D eigenvalue weighted by molar-refractivity contribution is 0.167. The summed E-state index contributed by atoms with van der Waals surface area (Å²) in [7, 11) is 0. The fourth-order valence-electron chi connectivity index (χ4n) is 4.13. The van der Waals surface area contributed by atoms with Crippen molar-refractivity contribution in [2.45, 2.75) is 76.3 Å². The second-order valence-corrected chi connectivity index (χ2v) is 9.96. The van der Waals surface area contributed by atoms with Gasteiger partial charge in [0.1, 0.15) is 0 Å². The molecular formula is C24H33NO2S. The van der Waals surface area contributed by atoms with E-state index in [1.165, 1.54) is 35.1 Å². The predicted octanol–water partition coefficient (Wildman–Crippen LogP) is 5.33. The van der Waals surface area contributed by atoms with Crippen molar-refractivity contribution in [3.05, 3.63) is 64.7 Å². The fraction of sp³-hybridized carbons (Fsp3) is 0.500. The standard InChI is InChI=1S/C24H33NO2S/c1-5-6-22(15-18-7-10-21(11-8-18)24(2,3)4)25-14-13-19-16-23(28(26)27)12-9-20(19)17-25/h7-12,16,22H,5-6,13-15,17H2,1-4H3,(H,26,27). The molecule has 0 bridgehead atoms. The van der Waals surface area contributed by atoms with Gasteiger partial charge in [-0.1, -0.05) is 64.4 Å². The molecule has 4 heteroatoms. The largest absolute Gasteiger partial charge is 0.302 e. The Labute approximate surface area is 172 Å². The molecule has 1 aliphatic rings. The van der Waals surface area contributed by atoms with Crippen LogP contribution in [0.2, 0.25) is 0 Å². The molecule has 3 rings (SSSR count). The third-order valence-corrected chi connectivity index (χ3v) is 6.51. The van der Waals surface area contributed by atoms with E-state index in [4.69, 9.17) is 0 Å². The van der Waals surface area contributed by atoms with Crippen molar-refractivity contribution in [3.63, 3.8) is 0 Å². The Kier molecular flexibility index (Phi) is 6.74. The summed E-state index contributed by atoms with van der Waals surface area (Å²) in [5.74, 6) is 0. The summed E-state index contributed by atoms with van der Waals surface area (Å²) < 4.78 is 20.7. The summed E-state index contributed by atoms with van der Waals surface area (Å²) >= 11 is -1.90. The molecule has 0 amide bonds. The molecule has 2 unspecified atom stereocenters. The van der Waals surface area contributed by atoms with Crippen LogP contribution in [0.5, 0.6) is 0 Å². The zero-order valence-electron chi connectivity index (χ0n) is 17.6. The molecule has 0 fully saturated rings. The van der Waals surface area contributed by atoms with Gasteiger partial charge in [0.25, 0.3) is 0 Å². The van der Waals surface area contributed by atoms with Crippen molar-refractivity contribution in [1.82, 2.24) is 4.90 Å². The number of hydrogen-bond donors (Lipinski definition) is 1. The van der Waals surface area contributed by atoms with Gasteiger partial charge in [-0.15, -0.1) is 0 Å². The summed E-state index contributed by atoms with van der Waals surface area (Å²) in [6, 6.07) is 15.4. The summed E-state index contributed by atoms with van der Waals surface area (Å²) in [5, 5.41) is 0. The maximum Gasteiger partial charge on any atom is 0.186 e. The molecule has 2 atom stereocenters. The molecule has 2 aromatic carbocycles. The van der Waals surface area contributed by atoms with Crippen molar-refractivity contribution in [1.29, 1.82) is 0 Å². The Morgan fingerprint density at radius 3 is 2.43 bits per heavy atom. The van der Waals surface area contributed by atoms with E-state index in [1.807, 2.05) is 12.1 Å². The highest BCUT2D eigenvalue weighted by Crippen LogP contribution is 2.27. The minimum Gasteiger partial charge on any atom is -0.302 e. The highest BCUT2D eigenvalue weighted by Gasteiger charge is 2.24. The quantitative estimate of drug-likeness (QED) is 0.667. The molecule has 3 nitrogen and oxygen atoms in total. The van der Waals surface area contributed by atoms with E-state index in [9.17, 15) is 8.76 Å². The fourth-order valence-corrected chi connectivity index (χ4v) is 4.56. The molecule has 1 N–H and O–H groups in total. The monoisotopic (exact) mass is 399 g/mol. The molecule has 0 aromatic heterocycles. The first-order valence-corrected chi connectivity index (χ1v) is 11.4. The Bertz CT molecular complexity index is 823. The second-order valence-electron chi connectivity index (χ2n) is 8.99. The molecule has 152 valence electrons. The van der Waals surface area contributed by atoms with E-state index in [-0.39, 0.29) is 5.41 Å². The molecule has 0 saturated carbocycles. The van der Waals surface area contributed by atoms with Gasteiger partial charge in [-0.2, -0.15) is 0 Å². The minimum absolute atomic E-state index is 0.190. The third kappa shape index (κ3) is 5.11. The molecule has 2 aromatic rings. The maximum absolute atomic E-state index is 11.3. The minimum atomic E-state index is -1.90. The second kappa shape index (κ2) is 8.89. The Hall–Kier alpha value is -1.49. The van der Waals surface area contributed by atoms with Gasteiger partial charge in [0.2, 0.25) is 0 Å². The van der Waals surface area contributed by atoms with E-state index in [2.05, 4.69) is 56.9 Å². The zero-order valence-corrected chi connectivity index (χ0v) is 18.4. The molecule has 28 heavy (non-hydrogen) atoms. The predicted molar refractivity (Wildman–Crippen MR) is 117 cm³/mol. The summed E-state index contributed by atoms with van der Waals surface area (Å²) in [6.45, 7) is 11.0. The van der Waals surface area contributed by atoms with Crippen LogP contribution < -0.4 is 0 Å². The number of benzene rings is 2. The molecule has 0 aliphatic carbocycles. The molecule has 0 radical (unpaired) electrons. The van der Waals surface area contributed by atoms with Gasteiger partial charge < -0.3 is 4.55 Å². The average molecular weight is 400 g/mol. The Balaban J connectivity index is 1.73. The van der Waals surface area contributed by atoms with Crippen molar-refractivity contribution in [2.75, 3.05) is 6.54 Å². The van der Waals surface area contributed by atoms with E-state index < -0.39 is 11.1 Å². The molecule has 0 spiro atoms. The number of fused-ring (bicyclic) bond motifs is 1. The maximum atomic E-state index is 11.3. The zero-order chi connectivity index (χ0) is 20.3. The van der Waals surface area contributed by atoms with Crippen LogP contribution in [0.4, 0.5) is 0 Å². The SMILES string of the molecule is CCCC(Cc1ccc(C(C)(C)C)cc1)N1CCc2cc(S(=O)O)ccc2C1. The first kappa shape index (κ1) is 21.2. The Morgan fingerprint density at radius 1 is 1.11 bits per heavy atom. The first-order chi connectivity index (χ1) is 13.3. The van der Waals surface area contributed by atoms with Crippen LogP contribution in [0.15, 0.2) is 47.4 Å². The van der Waals surface area contributed by atoms with Crippen molar-refractivity contribution < 1.29 is 8.76 Å². The van der Waals surface area contributed by atoms with Crippen LogP contribution in [-0.4, -0.2) is 26.2 Å². The Morgan fingerprint density at radius 2 is 1.82 bits per heavy atom. The highest BCUT2D eigenvalue weighted by atomic mass is 32.2. The van der Waals surface area contributed by atoms with Gasteiger partial charge in [-0.05, 0) is 59.1 Å². The molecule has 0 saturated heterocycles. The smallest absolute Gasteiger partial charge is 0.186 e. The summed E-state index contributed by atoms with van der Waals surface area (Å²) in [6.07, 6.45) is 4.39. The van der Waals surface area contributed by atoms with E-state index in [0.29, 0.717) is 10.9 Å². The van der Waals surface area contributed by atoms with Crippen molar-refractivity contribution in [2.24, 2.45) is 0 Å². The van der Waals surface area contributed by atoms with Gasteiger partial charge >= 0.3 is 0 Å². The van der Waals surface area contributed by atoms with E-state index in [1.54, 1.807) is 6.07 Å². The highest BCUT2D eigenvalue weighted by molar-refractivity contribution is 7.79. The van der Waals surface area contributed by atoms with Crippen LogP contribution in [0, 0.1) is 0 Å².